The van der Waals surface area contributed by atoms with Crippen LogP contribution in [0.2, 0.25) is 0 Å². The Labute approximate surface area is 110 Å². The molecule has 1 heterocycles. The van der Waals surface area contributed by atoms with Gasteiger partial charge in [-0.25, -0.2) is 4.98 Å². The molecule has 0 saturated heterocycles. The van der Waals surface area contributed by atoms with E-state index in [0.717, 1.165) is 10.0 Å². The molecular weight excluding hydrogens is 254 g/mol. The highest BCUT2D eigenvalue weighted by molar-refractivity contribution is 8.01. The molecule has 0 radical (unpaired) electrons. The molecule has 0 fully saturated rings. The Morgan fingerprint density at radius 3 is 3.00 bits per heavy atom. The molecule has 0 N–H and O–H groups in total. The number of aromatic nitrogens is 1. The van der Waals surface area contributed by atoms with E-state index in [1.54, 1.807) is 16.2 Å². The lowest BCUT2D eigenvalue weighted by atomic mass is 10.4. The van der Waals surface area contributed by atoms with E-state index in [2.05, 4.69) is 11.1 Å². The van der Waals surface area contributed by atoms with Crippen LogP contribution in [0.3, 0.4) is 0 Å². The summed E-state index contributed by atoms with van der Waals surface area (Å²) in [7, 11) is 0. The second kappa shape index (κ2) is 7.30. The van der Waals surface area contributed by atoms with Crippen LogP contribution in [0.5, 0.6) is 0 Å². The van der Waals surface area contributed by atoms with Crippen molar-refractivity contribution in [1.82, 2.24) is 9.88 Å². The Bertz CT molecular complexity index is 411. The first-order valence-corrected chi connectivity index (χ1v) is 7.23. The van der Waals surface area contributed by atoms with Gasteiger partial charge in [0, 0.05) is 24.2 Å². The lowest BCUT2D eigenvalue weighted by Gasteiger charge is -2.18. The van der Waals surface area contributed by atoms with Crippen LogP contribution in [0, 0.1) is 18.3 Å². The van der Waals surface area contributed by atoms with Gasteiger partial charge in [-0.15, -0.1) is 11.3 Å². The average molecular weight is 269 g/mol. The summed E-state index contributed by atoms with van der Waals surface area (Å²) in [6, 6.07) is 2.05. The molecule has 0 atom stereocenters. The van der Waals surface area contributed by atoms with Gasteiger partial charge in [0.15, 0.2) is 4.34 Å². The second-order valence-electron chi connectivity index (χ2n) is 3.42. The molecule has 0 aromatic carbocycles. The molecular formula is C11H15N3OS2. The van der Waals surface area contributed by atoms with Crippen molar-refractivity contribution >= 4 is 29.0 Å². The largest absolute Gasteiger partial charge is 0.341 e. The maximum atomic E-state index is 11.8. The molecule has 0 bridgehead atoms. The van der Waals surface area contributed by atoms with Crippen molar-refractivity contribution in [3.05, 3.63) is 11.1 Å². The average Bonchev–Trinajstić information content (AvgIpc) is 2.73. The molecule has 0 aliphatic heterocycles. The Balaban J connectivity index is 2.39. The van der Waals surface area contributed by atoms with Gasteiger partial charge in [0.2, 0.25) is 5.91 Å². The summed E-state index contributed by atoms with van der Waals surface area (Å²) in [4.78, 5) is 17.8. The fourth-order valence-electron chi connectivity index (χ4n) is 1.26. The van der Waals surface area contributed by atoms with Gasteiger partial charge in [0.1, 0.15) is 0 Å². The third-order valence-corrected chi connectivity index (χ3v) is 4.27. The van der Waals surface area contributed by atoms with Crippen LogP contribution in [0.15, 0.2) is 9.72 Å². The molecule has 1 amide bonds. The van der Waals surface area contributed by atoms with Crippen molar-refractivity contribution in [3.63, 3.8) is 0 Å². The van der Waals surface area contributed by atoms with Crippen molar-refractivity contribution < 1.29 is 4.79 Å². The van der Waals surface area contributed by atoms with Crippen LogP contribution >= 0.6 is 23.1 Å². The predicted octanol–water partition coefficient (Wildman–Crippen LogP) is 2.31. The van der Waals surface area contributed by atoms with Crippen molar-refractivity contribution in [3.8, 4) is 6.07 Å². The molecule has 0 aliphatic rings. The number of carbonyl (C=O) groups is 1. The minimum atomic E-state index is 0.0700. The van der Waals surface area contributed by atoms with Gasteiger partial charge in [-0.05, 0) is 13.8 Å². The fourth-order valence-corrected chi connectivity index (χ4v) is 3.01. The maximum Gasteiger partial charge on any atom is 0.233 e. The number of thioether (sulfide) groups is 1. The lowest BCUT2D eigenvalue weighted by Crippen LogP contribution is -2.32. The molecule has 0 spiro atoms. The summed E-state index contributed by atoms with van der Waals surface area (Å²) in [5, 5.41) is 10.5. The summed E-state index contributed by atoms with van der Waals surface area (Å²) in [6.07, 6.45) is 0.389. The summed E-state index contributed by atoms with van der Waals surface area (Å²) in [6.45, 7) is 5.03. The normalized spacial score (nSPS) is 9.94. The Morgan fingerprint density at radius 2 is 2.47 bits per heavy atom. The molecule has 92 valence electrons. The Kier molecular flexibility index (Phi) is 6.01. The minimum Gasteiger partial charge on any atom is -0.341 e. The van der Waals surface area contributed by atoms with E-state index in [0.29, 0.717) is 25.3 Å². The van der Waals surface area contributed by atoms with Crippen molar-refractivity contribution in [1.29, 1.82) is 5.26 Å². The number of hydrogen-bond acceptors (Lipinski definition) is 5. The minimum absolute atomic E-state index is 0.0700. The second-order valence-corrected chi connectivity index (χ2v) is 5.51. The monoisotopic (exact) mass is 269 g/mol. The first-order valence-electron chi connectivity index (χ1n) is 5.37. The summed E-state index contributed by atoms with van der Waals surface area (Å²) in [5.41, 5.74) is 0.988. The van der Waals surface area contributed by atoms with Gasteiger partial charge >= 0.3 is 0 Å². The smallest absolute Gasteiger partial charge is 0.233 e. The molecule has 6 heteroatoms. The third kappa shape index (κ3) is 4.75. The number of nitriles is 1. The number of rotatable bonds is 6. The first-order chi connectivity index (χ1) is 8.17. The van der Waals surface area contributed by atoms with Crippen molar-refractivity contribution in [2.24, 2.45) is 0 Å². The Morgan fingerprint density at radius 1 is 1.71 bits per heavy atom. The highest BCUT2D eigenvalue weighted by Gasteiger charge is 2.12. The number of carbonyl (C=O) groups excluding carboxylic acids is 1. The molecule has 1 aromatic heterocycles. The lowest BCUT2D eigenvalue weighted by molar-refractivity contribution is -0.128. The van der Waals surface area contributed by atoms with Crippen LogP contribution in [0.4, 0.5) is 0 Å². The van der Waals surface area contributed by atoms with Gasteiger partial charge in [-0.1, -0.05) is 11.8 Å². The van der Waals surface area contributed by atoms with Gasteiger partial charge in [-0.3, -0.25) is 4.79 Å². The van der Waals surface area contributed by atoms with Crippen LogP contribution in [-0.2, 0) is 4.79 Å². The van der Waals surface area contributed by atoms with E-state index in [-0.39, 0.29) is 5.91 Å². The molecule has 0 aliphatic carbocycles. The van der Waals surface area contributed by atoms with Crippen LogP contribution in [-0.4, -0.2) is 34.6 Å². The molecule has 1 aromatic rings. The summed E-state index contributed by atoms with van der Waals surface area (Å²) >= 11 is 3.02. The van der Waals surface area contributed by atoms with Gasteiger partial charge in [0.05, 0.1) is 18.2 Å². The van der Waals surface area contributed by atoms with Crippen LogP contribution < -0.4 is 0 Å². The zero-order chi connectivity index (χ0) is 12.7. The Hall–Kier alpha value is -1.06. The molecule has 1 rings (SSSR count). The SMILES string of the molecule is CCN(CCC#N)C(=O)CSc1nc(C)cs1. The number of hydrogen-bond donors (Lipinski definition) is 0. The summed E-state index contributed by atoms with van der Waals surface area (Å²) < 4.78 is 0.923. The van der Waals surface area contributed by atoms with E-state index >= 15 is 0 Å². The van der Waals surface area contributed by atoms with Crippen LogP contribution in [0.25, 0.3) is 0 Å². The van der Waals surface area contributed by atoms with Crippen molar-refractivity contribution in [2.45, 2.75) is 24.6 Å². The van der Waals surface area contributed by atoms with E-state index in [4.69, 9.17) is 5.26 Å². The first kappa shape index (κ1) is 14.0. The third-order valence-electron chi connectivity index (χ3n) is 2.15. The number of nitrogens with zero attached hydrogens (tertiary/aromatic N) is 3. The number of aryl methyl sites for hydroxylation is 1. The highest BCUT2D eigenvalue weighted by atomic mass is 32.2. The fraction of sp³-hybridized carbons (Fsp3) is 0.545. The van der Waals surface area contributed by atoms with E-state index in [1.807, 2.05) is 19.2 Å². The standard InChI is InChI=1S/C11H15N3OS2/c1-3-14(6-4-5-12)10(15)8-17-11-13-9(2)7-16-11/h7H,3-4,6,8H2,1-2H3. The maximum absolute atomic E-state index is 11.8. The molecule has 0 saturated carbocycles. The topological polar surface area (TPSA) is 57.0 Å². The zero-order valence-corrected chi connectivity index (χ0v) is 11.6. The predicted molar refractivity (Wildman–Crippen MR) is 70.1 cm³/mol. The van der Waals surface area contributed by atoms with E-state index < -0.39 is 0 Å². The summed E-state index contributed by atoms with van der Waals surface area (Å²) in [5.74, 6) is 0.465. The molecule has 17 heavy (non-hydrogen) atoms. The molecule has 4 nitrogen and oxygen atoms in total. The van der Waals surface area contributed by atoms with E-state index in [9.17, 15) is 4.79 Å². The van der Waals surface area contributed by atoms with Crippen LogP contribution in [0.1, 0.15) is 19.0 Å². The van der Waals surface area contributed by atoms with Gasteiger partial charge in [0.25, 0.3) is 0 Å². The molecule has 0 unspecified atom stereocenters. The zero-order valence-electron chi connectivity index (χ0n) is 9.97. The number of amides is 1. The van der Waals surface area contributed by atoms with Gasteiger partial charge in [-0.2, -0.15) is 5.26 Å². The van der Waals surface area contributed by atoms with Crippen molar-refractivity contribution in [2.75, 3.05) is 18.8 Å². The van der Waals surface area contributed by atoms with E-state index in [1.165, 1.54) is 11.8 Å². The van der Waals surface area contributed by atoms with Gasteiger partial charge < -0.3 is 4.90 Å². The quantitative estimate of drug-likeness (QED) is 0.744. The highest BCUT2D eigenvalue weighted by Crippen LogP contribution is 2.22. The number of thiazole rings is 1.